The molecule has 2 aromatic heterocycles. The first-order chi connectivity index (χ1) is 16.9. The van der Waals surface area contributed by atoms with Crippen molar-refractivity contribution in [2.24, 2.45) is 0 Å². The number of ether oxygens (including phenoxy) is 1. The molecule has 1 aromatic carbocycles. The number of hydrogen-bond acceptors (Lipinski definition) is 3. The third-order valence-corrected chi connectivity index (χ3v) is 14.0. The molecule has 0 N–H and O–H groups in total. The van der Waals surface area contributed by atoms with Crippen LogP contribution in [0.15, 0.2) is 36.5 Å². The van der Waals surface area contributed by atoms with Crippen molar-refractivity contribution in [3.8, 4) is 22.9 Å². The van der Waals surface area contributed by atoms with Gasteiger partial charge < -0.3 is 4.74 Å². The van der Waals surface area contributed by atoms with Crippen LogP contribution >= 0.6 is 0 Å². The van der Waals surface area contributed by atoms with Gasteiger partial charge in [0.2, 0.25) is 0 Å². The minimum Gasteiger partial charge on any atom is -0.406 e. The Bertz CT molecular complexity index is 1260. The molecule has 1 aliphatic rings. The van der Waals surface area contributed by atoms with Gasteiger partial charge in [-0.2, -0.15) is 5.10 Å². The van der Waals surface area contributed by atoms with Crippen LogP contribution in [0.25, 0.3) is 16.7 Å². The van der Waals surface area contributed by atoms with Crippen LogP contribution in [0.4, 0.5) is 13.2 Å². The molecule has 0 radical (unpaired) electrons. The van der Waals surface area contributed by atoms with Crippen molar-refractivity contribution in [1.29, 1.82) is 0 Å². The van der Waals surface area contributed by atoms with E-state index in [-0.39, 0.29) is 5.75 Å². The van der Waals surface area contributed by atoms with Gasteiger partial charge in [0.15, 0.2) is 5.65 Å². The predicted octanol–water partition coefficient (Wildman–Crippen LogP) is 8.16. The molecular formula is C28H34F3N3OSi. The molecule has 2 heterocycles. The van der Waals surface area contributed by atoms with Gasteiger partial charge in [-0.25, -0.2) is 9.67 Å². The van der Waals surface area contributed by atoms with Crippen molar-refractivity contribution in [1.82, 2.24) is 14.8 Å². The maximum Gasteiger partial charge on any atom is 0.573 e. The summed E-state index contributed by atoms with van der Waals surface area (Å²) in [4.78, 5) is 4.64. The number of alkyl halides is 3. The maximum absolute atomic E-state index is 12.6. The number of rotatable bonds is 6. The Balaban J connectivity index is 1.85. The second-order valence-electron chi connectivity index (χ2n) is 10.7. The summed E-state index contributed by atoms with van der Waals surface area (Å²) in [5.41, 5.74) is 8.61. The first-order valence-corrected chi connectivity index (χ1v) is 14.9. The monoisotopic (exact) mass is 513 g/mol. The number of hydrogen-bond donors (Lipinski definition) is 0. The van der Waals surface area contributed by atoms with E-state index in [1.54, 1.807) is 23.0 Å². The first kappa shape index (κ1) is 26.3. The lowest BCUT2D eigenvalue weighted by atomic mass is 9.81. The minimum atomic E-state index is -4.73. The Morgan fingerprint density at radius 3 is 2.08 bits per heavy atom. The van der Waals surface area contributed by atoms with E-state index in [0.29, 0.717) is 33.9 Å². The zero-order valence-corrected chi connectivity index (χ0v) is 22.8. The number of benzene rings is 1. The Morgan fingerprint density at radius 2 is 1.58 bits per heavy atom. The lowest BCUT2D eigenvalue weighted by Gasteiger charge is -2.38. The average molecular weight is 514 g/mol. The summed E-state index contributed by atoms with van der Waals surface area (Å²) in [5.74, 6) is 3.67. The summed E-state index contributed by atoms with van der Waals surface area (Å²) in [6.07, 6.45) is 0.310. The van der Waals surface area contributed by atoms with E-state index >= 15 is 0 Å². The Labute approximate surface area is 212 Å². The first-order valence-electron chi connectivity index (χ1n) is 12.7. The lowest BCUT2D eigenvalue weighted by molar-refractivity contribution is -0.274. The quantitative estimate of drug-likeness (QED) is 0.247. The molecule has 1 fully saturated rings. The number of halogens is 3. The molecular weight excluding hydrogens is 479 g/mol. The van der Waals surface area contributed by atoms with Gasteiger partial charge in [0, 0.05) is 17.7 Å². The summed E-state index contributed by atoms with van der Waals surface area (Å²) < 4.78 is 43.6. The van der Waals surface area contributed by atoms with Crippen LogP contribution in [0.5, 0.6) is 5.75 Å². The molecule has 3 aromatic rings. The SMILES string of the molecule is CC(C)[Si](C#Cc1ccnc2c1c(C1CCC1)nn2-c1ccc(OC(F)(F)F)cc1)(C(C)C)C(C)C. The van der Waals surface area contributed by atoms with Gasteiger partial charge >= 0.3 is 6.36 Å². The molecule has 1 aliphatic carbocycles. The summed E-state index contributed by atoms with van der Waals surface area (Å²) in [6.45, 7) is 13.8. The smallest absolute Gasteiger partial charge is 0.406 e. The van der Waals surface area contributed by atoms with E-state index in [0.717, 1.165) is 35.9 Å². The van der Waals surface area contributed by atoms with Crippen LogP contribution < -0.4 is 4.74 Å². The molecule has 4 rings (SSSR count). The van der Waals surface area contributed by atoms with Crippen LogP contribution in [-0.2, 0) is 0 Å². The molecule has 0 bridgehead atoms. The molecule has 0 spiro atoms. The van der Waals surface area contributed by atoms with E-state index in [2.05, 4.69) is 62.7 Å². The Morgan fingerprint density at radius 1 is 0.972 bits per heavy atom. The van der Waals surface area contributed by atoms with Crippen LogP contribution in [0.2, 0.25) is 16.6 Å². The fourth-order valence-electron chi connectivity index (χ4n) is 5.72. The minimum absolute atomic E-state index is 0.265. The largest absolute Gasteiger partial charge is 0.573 e. The number of fused-ring (bicyclic) bond motifs is 1. The summed E-state index contributed by atoms with van der Waals surface area (Å²) in [5, 5.41) is 5.89. The zero-order chi connectivity index (χ0) is 26.3. The summed E-state index contributed by atoms with van der Waals surface area (Å²) in [6, 6.07) is 7.73. The third kappa shape index (κ3) is 4.90. The molecule has 0 amide bonds. The standard InChI is InChI=1S/C28H34F3N3OSi/c1-18(2)36(19(3)4,20(5)6)17-15-21-14-16-32-27-25(21)26(22-8-7-9-22)33-34(27)23-10-12-24(13-11-23)35-28(29,30)31/h10-14,16,18-20,22H,7-9H2,1-6H3. The summed E-state index contributed by atoms with van der Waals surface area (Å²) >= 11 is 0. The van der Waals surface area contributed by atoms with E-state index in [1.165, 1.54) is 12.1 Å². The maximum atomic E-state index is 12.6. The topological polar surface area (TPSA) is 39.9 Å². The van der Waals surface area contributed by atoms with Crippen LogP contribution in [0.3, 0.4) is 0 Å². The van der Waals surface area contributed by atoms with Gasteiger partial charge in [-0.05, 0) is 59.8 Å². The van der Waals surface area contributed by atoms with Crippen molar-refractivity contribution >= 4 is 19.1 Å². The zero-order valence-electron chi connectivity index (χ0n) is 21.8. The average Bonchev–Trinajstić information content (AvgIpc) is 3.11. The normalized spacial score (nSPS) is 14.9. The second-order valence-corrected chi connectivity index (χ2v) is 16.3. The second kappa shape index (κ2) is 9.93. The third-order valence-electron chi connectivity index (χ3n) is 7.68. The van der Waals surface area contributed by atoms with Crippen molar-refractivity contribution in [3.05, 3.63) is 47.8 Å². The van der Waals surface area contributed by atoms with Crippen molar-refractivity contribution < 1.29 is 17.9 Å². The highest BCUT2D eigenvalue weighted by molar-refractivity contribution is 6.90. The molecule has 36 heavy (non-hydrogen) atoms. The lowest BCUT2D eigenvalue weighted by Crippen LogP contribution is -2.43. The van der Waals surface area contributed by atoms with Crippen LogP contribution in [0.1, 0.15) is 78.0 Å². The number of pyridine rings is 1. The molecule has 0 saturated heterocycles. The molecule has 8 heteroatoms. The van der Waals surface area contributed by atoms with E-state index < -0.39 is 14.4 Å². The fourth-order valence-corrected chi connectivity index (χ4v) is 10.9. The molecule has 192 valence electrons. The number of aromatic nitrogens is 3. The van der Waals surface area contributed by atoms with Crippen molar-refractivity contribution in [2.75, 3.05) is 0 Å². The molecule has 0 unspecified atom stereocenters. The highest BCUT2D eigenvalue weighted by Gasteiger charge is 2.41. The molecule has 1 saturated carbocycles. The van der Waals surface area contributed by atoms with E-state index in [1.807, 2.05) is 6.07 Å². The van der Waals surface area contributed by atoms with Gasteiger partial charge in [0.25, 0.3) is 0 Å². The summed E-state index contributed by atoms with van der Waals surface area (Å²) in [7, 11) is -1.93. The van der Waals surface area contributed by atoms with Gasteiger partial charge in [0.1, 0.15) is 13.8 Å². The highest BCUT2D eigenvalue weighted by atomic mass is 28.3. The van der Waals surface area contributed by atoms with Crippen molar-refractivity contribution in [2.45, 2.75) is 89.7 Å². The predicted molar refractivity (Wildman–Crippen MR) is 140 cm³/mol. The van der Waals surface area contributed by atoms with Gasteiger partial charge in [-0.1, -0.05) is 53.9 Å². The molecule has 4 nitrogen and oxygen atoms in total. The Hall–Kier alpha value is -2.79. The highest BCUT2D eigenvalue weighted by Crippen LogP contribution is 2.42. The van der Waals surface area contributed by atoms with Crippen LogP contribution in [0, 0.1) is 11.5 Å². The molecule has 0 atom stereocenters. The Kier molecular flexibility index (Phi) is 7.25. The van der Waals surface area contributed by atoms with Crippen molar-refractivity contribution in [3.63, 3.8) is 0 Å². The van der Waals surface area contributed by atoms with Gasteiger partial charge in [0.05, 0.1) is 16.8 Å². The van der Waals surface area contributed by atoms with Crippen LogP contribution in [-0.4, -0.2) is 29.2 Å². The molecule has 0 aliphatic heterocycles. The number of nitrogens with zero attached hydrogens (tertiary/aromatic N) is 3. The van der Waals surface area contributed by atoms with E-state index in [4.69, 9.17) is 5.10 Å². The van der Waals surface area contributed by atoms with Gasteiger partial charge in [-0.3, -0.25) is 0 Å². The van der Waals surface area contributed by atoms with Gasteiger partial charge in [-0.15, -0.1) is 18.7 Å². The van der Waals surface area contributed by atoms with E-state index in [9.17, 15) is 13.2 Å². The fraction of sp³-hybridized carbons (Fsp3) is 0.500.